The number of benzene rings is 9. The number of sulfone groups is 1. The number of amides is 1. The summed E-state index contributed by atoms with van der Waals surface area (Å²) in [6, 6.07) is 57.3. The molecule has 27 nitrogen and oxygen atoms in total. The minimum absolute atomic E-state index is 0. The minimum Gasteiger partial charge on any atom is -0.487 e. The lowest BCUT2D eigenvalue weighted by Gasteiger charge is -2.26. The molecule has 0 aliphatic heterocycles. The minimum atomic E-state index is -5.30. The summed E-state index contributed by atoms with van der Waals surface area (Å²) in [5.74, 6) is 1.19. The number of carbonyl (C=O) groups is 2. The highest BCUT2D eigenvalue weighted by atomic mass is 35.5. The zero-order valence-electron chi connectivity index (χ0n) is 92.5. The van der Waals surface area contributed by atoms with E-state index in [-0.39, 0.29) is 89.7 Å². The largest absolute Gasteiger partial charge is 0.487 e. The first kappa shape index (κ1) is 67.0. The van der Waals surface area contributed by atoms with Gasteiger partial charge in [0.25, 0.3) is 0 Å². The number of hydrogen-bond donors (Lipinski definition) is 5. The highest BCUT2D eigenvalue weighted by Gasteiger charge is 2.25. The first-order valence-electron chi connectivity index (χ1n) is 49.9. The van der Waals surface area contributed by atoms with Crippen molar-refractivity contribution in [3.8, 4) is 51.2 Å². The molecule has 0 radical (unpaired) electrons. The Morgan fingerprint density at radius 3 is 1.35 bits per heavy atom. The number of ether oxygens (including phenoxy) is 4. The highest BCUT2D eigenvalue weighted by Crippen LogP contribution is 2.38. The number of aromatic nitrogens is 6. The average molecular weight is 1900 g/mol. The van der Waals surface area contributed by atoms with Crippen LogP contribution in [0, 0.1) is 17.5 Å². The molecule has 0 aliphatic rings. The zero-order valence-corrected chi connectivity index (χ0v) is 71.2. The van der Waals surface area contributed by atoms with Crippen molar-refractivity contribution in [3.63, 3.8) is 0 Å². The van der Waals surface area contributed by atoms with Crippen LogP contribution in [0.5, 0.6) is 17.2 Å². The standard InChI is InChI=1S/C34H34ClFN4O6S.C29H26ClFN4O4S.C26H17ClFN3O3.C3H9NO2S.CH4/c1-34(2,3)45-33(41)40(14-15-47-46-42-4)19-26-10-13-30(44-26)23-8-11-29-27(17-23)32(38-21-37-29)39-25-9-12-31(28(35)18-25)43-20-22-6-5-7-24(36)16-22;1-36-39-40-12-11-32-16-23-7-10-27(38-23)20-5-8-26-24(14-20)29(34-18-33-26)35-22-6-9-28(25(30)15-22)37-17-19-3-2-4-21(31)13-19;27-22-12-19(5-8-25(22)33-14-16-2-1-3-18(28)10-16)31-26-21-11-17(4-7-23(21)29-15-30-26)24-9-6-20(13-32)34-24;1-7(5,6)3-2-4;/h5-13,16-18,21H,14-15,19-20H2,1-4H3,(H,37,38,39);2-10,13-15,18,32H,11-12,16-17H2,1H3,(H,33,34,35);1-13,15H,14H2,(H,29,30,31);2-4H2,1H3;1H4/i4D3,14D2,15D2,19D2;1D3,11D2,12D2,16D2;13D;1D3,2D2,3D2;. The van der Waals surface area contributed by atoms with Crippen LogP contribution >= 0.6 is 58.9 Å². The molecule has 15 rings (SSSR count). The Balaban J connectivity index is 0.000000209. The second-order valence-electron chi connectivity index (χ2n) is 26.9. The quantitative estimate of drug-likeness (QED) is 0.0107. The van der Waals surface area contributed by atoms with E-state index in [0.29, 0.717) is 128 Å². The molecule has 6 heterocycles. The molecular formula is C93H90Cl3F3N12O15S3. The van der Waals surface area contributed by atoms with Crippen LogP contribution in [0.25, 0.3) is 66.7 Å². The number of furan rings is 3. The van der Waals surface area contributed by atoms with Gasteiger partial charge in [0.05, 0.1) is 80.8 Å². The number of halogens is 6. The molecule has 9 aromatic carbocycles. The number of nitrogens with one attached hydrogen (secondary N) is 4. The van der Waals surface area contributed by atoms with E-state index in [1.54, 1.807) is 133 Å². The third-order valence-electron chi connectivity index (χ3n) is 16.8. The van der Waals surface area contributed by atoms with Gasteiger partial charge < -0.3 is 59.2 Å². The average Bonchev–Trinajstić information content (AvgIpc) is 1.73. The normalized spacial score (nSPS) is 15.3. The van der Waals surface area contributed by atoms with E-state index in [0.717, 1.165) is 11.5 Å². The summed E-state index contributed by atoms with van der Waals surface area (Å²) in [6.45, 7) is -11.2. The van der Waals surface area contributed by atoms with Gasteiger partial charge in [-0.15, -0.1) is 0 Å². The lowest BCUT2D eigenvalue weighted by molar-refractivity contribution is -0.160. The van der Waals surface area contributed by atoms with Crippen molar-refractivity contribution < 1.29 is 117 Å². The maximum atomic E-state index is 13.6. The molecule has 6 aromatic heterocycles. The summed E-state index contributed by atoms with van der Waals surface area (Å²) in [5.41, 5.74) is 0.486. The monoisotopic (exact) mass is 1900 g/mol. The van der Waals surface area contributed by atoms with Crippen molar-refractivity contribution in [3.05, 3.63) is 304 Å². The molecule has 0 saturated heterocycles. The molecule has 36 heteroatoms. The SMILES string of the molecule is C.[2H]C(=O)c1ccc(-c2ccc3ncnc(Nc4ccc(OCc5cccc(F)c5)c(Cl)c4)c3c2)o1.[2H]C([2H])(N)C([2H])([2H])S(=O)(=O)C([2H])([2H])[2H].[2H]C([2H])([2H])OOSC([2H])([2H])C([2H])([2H])N(C(=O)OC(C)(C)C)C([2H])([2H])c1ccc(-c2ccc3ncnc(Nc4ccc(OCc5cccc(F)c5)c(Cl)c4)c3c2)o1.[2H]C([2H])([2H])OOSC([2H])([2H])C([2H])([2H])NC([2H])([2H])c1ccc(-c2ccc3ncnc(Nc4ccc(OCc5cccc(F)c5)c(Cl)c4)c3c2)o1. The molecule has 0 spiro atoms. The van der Waals surface area contributed by atoms with Gasteiger partial charge in [-0.25, -0.2) is 66.1 Å². The topological polar surface area (TPSA) is 336 Å². The van der Waals surface area contributed by atoms with Gasteiger partial charge >= 0.3 is 6.09 Å². The fourth-order valence-electron chi connectivity index (χ4n) is 11.3. The molecule has 0 atom stereocenters. The molecule has 0 bridgehead atoms. The van der Waals surface area contributed by atoms with Gasteiger partial charge in [0, 0.05) is 129 Å². The number of anilines is 6. The number of nitrogens with two attached hydrogens (primary N) is 1. The van der Waals surface area contributed by atoms with Crippen LogP contribution in [0.2, 0.25) is 15.1 Å². The van der Waals surface area contributed by atoms with E-state index < -0.39 is 115 Å². The third kappa shape index (κ3) is 29.6. The summed E-state index contributed by atoms with van der Waals surface area (Å²) in [4.78, 5) is 58.7. The second kappa shape index (κ2) is 47.6. The van der Waals surface area contributed by atoms with Crippen LogP contribution in [0.3, 0.4) is 0 Å². The van der Waals surface area contributed by atoms with Gasteiger partial charge in [0.1, 0.15) is 137 Å². The lowest BCUT2D eigenvalue weighted by atomic mass is 10.1. The van der Waals surface area contributed by atoms with Crippen molar-refractivity contribution >= 4 is 148 Å². The summed E-state index contributed by atoms with van der Waals surface area (Å²) in [6.07, 6.45) is -1.95. The Morgan fingerprint density at radius 1 is 0.543 bits per heavy atom. The first-order valence-corrected chi connectivity index (χ1v) is 41.0. The molecule has 6 N–H and O–H groups in total. The molecule has 0 saturated carbocycles. The van der Waals surface area contributed by atoms with Crippen molar-refractivity contribution in [2.45, 2.75) is 66.6 Å². The first-order chi connectivity index (χ1) is 71.6. The molecular weight excluding hydrogens is 1780 g/mol. The van der Waals surface area contributed by atoms with Gasteiger partial charge in [-0.05, 0) is 219 Å². The van der Waals surface area contributed by atoms with Crippen molar-refractivity contribution in [1.82, 2.24) is 40.1 Å². The maximum Gasteiger partial charge on any atom is 0.410 e. The van der Waals surface area contributed by atoms with E-state index in [4.69, 9.17) is 103 Å². The number of rotatable bonds is 35. The zero-order chi connectivity index (χ0) is 113. The molecule has 129 heavy (non-hydrogen) atoms. The molecule has 1 amide bonds. The Hall–Kier alpha value is -12.4. The molecule has 0 fully saturated rings. The van der Waals surface area contributed by atoms with Gasteiger partial charge in [0.2, 0.25) is 0 Å². The number of fused-ring (bicyclic) bond motifs is 3. The van der Waals surface area contributed by atoms with Crippen molar-refractivity contribution in [2.75, 3.05) is 72.8 Å². The van der Waals surface area contributed by atoms with Crippen molar-refractivity contribution in [2.24, 2.45) is 5.73 Å². The van der Waals surface area contributed by atoms with Crippen molar-refractivity contribution in [1.29, 1.82) is 0 Å². The van der Waals surface area contributed by atoms with E-state index in [1.165, 1.54) is 100 Å². The molecule has 0 aliphatic carbocycles. The third-order valence-corrected chi connectivity index (χ3v) is 18.7. The van der Waals surface area contributed by atoms with E-state index in [1.807, 2.05) is 23.5 Å². The second-order valence-corrected chi connectivity index (χ2v) is 30.3. The highest BCUT2D eigenvalue weighted by molar-refractivity contribution is 7.94. The van der Waals surface area contributed by atoms with Crippen LogP contribution in [-0.2, 0) is 65.8 Å². The van der Waals surface area contributed by atoms with Crippen LogP contribution in [0.15, 0.2) is 251 Å². The lowest BCUT2D eigenvalue weighted by Crippen LogP contribution is -2.37. The summed E-state index contributed by atoms with van der Waals surface area (Å²) >= 11 is 18.7. The van der Waals surface area contributed by atoms with Crippen LogP contribution in [-0.4, -0.2) is 118 Å². The fourth-order valence-corrected chi connectivity index (χ4v) is 12.6. The predicted octanol–water partition coefficient (Wildman–Crippen LogP) is 22.7. The summed E-state index contributed by atoms with van der Waals surface area (Å²) in [5, 5.41) is 14.3. The summed E-state index contributed by atoms with van der Waals surface area (Å²) < 4.78 is 307. The van der Waals surface area contributed by atoms with E-state index >= 15 is 0 Å². The summed E-state index contributed by atoms with van der Waals surface area (Å²) in [7, 11) is -11.4. The number of nitrogens with zero attached hydrogens (tertiary/aromatic N) is 7. The Kier molecular flexibility index (Phi) is 24.7. The molecule has 15 aromatic rings. The smallest absolute Gasteiger partial charge is 0.410 e. The van der Waals surface area contributed by atoms with Crippen LogP contribution in [0.1, 0.15) is 103 Å². The van der Waals surface area contributed by atoms with Crippen LogP contribution < -0.4 is 41.2 Å². The van der Waals surface area contributed by atoms with Gasteiger partial charge in [-0.2, -0.15) is 8.67 Å². The number of carbonyl (C=O) groups excluding carboxylic acids is 2. The maximum absolute atomic E-state index is 13.6. The molecule has 672 valence electrons. The Bertz CT molecular complexity index is 7670. The fraction of sp³-hybridized carbons (Fsp3) is 0.204. The van der Waals surface area contributed by atoms with Gasteiger partial charge in [-0.1, -0.05) is 78.6 Å². The Labute approximate surface area is 802 Å². The Morgan fingerprint density at radius 2 is 0.961 bits per heavy atom. The van der Waals surface area contributed by atoms with Gasteiger partial charge in [-0.3, -0.25) is 9.69 Å². The van der Waals surface area contributed by atoms with Crippen LogP contribution in [0.4, 0.5) is 52.5 Å². The number of aldehydes is 1. The predicted molar refractivity (Wildman–Crippen MR) is 498 cm³/mol. The number of hydrogen-bond acceptors (Lipinski definition) is 28. The van der Waals surface area contributed by atoms with E-state index in [2.05, 4.69) is 70.0 Å². The van der Waals surface area contributed by atoms with Gasteiger partial charge in [0.15, 0.2) is 12.0 Å². The van der Waals surface area contributed by atoms with E-state index in [9.17, 15) is 31.2 Å². The molecule has 0 unspecified atom stereocenters.